The second kappa shape index (κ2) is 8.17. The Balaban J connectivity index is 2.08. The van der Waals surface area contributed by atoms with Gasteiger partial charge in [0.2, 0.25) is 5.91 Å². The second-order valence-electron chi connectivity index (χ2n) is 5.72. The molecule has 1 N–H and O–H groups in total. The van der Waals surface area contributed by atoms with Crippen LogP contribution in [0.1, 0.15) is 36.2 Å². The van der Waals surface area contributed by atoms with Crippen molar-refractivity contribution in [2.45, 2.75) is 44.8 Å². The zero-order chi connectivity index (χ0) is 18.4. The average Bonchev–Trinajstić information content (AvgIpc) is 2.73. The predicted octanol–water partition coefficient (Wildman–Crippen LogP) is 2.02. The van der Waals surface area contributed by atoms with E-state index in [9.17, 15) is 22.8 Å². The van der Waals surface area contributed by atoms with Crippen LogP contribution in [0.5, 0.6) is 0 Å². The number of methoxy groups -OCH3 is 1. The maximum atomic E-state index is 13.2. The van der Waals surface area contributed by atoms with Crippen molar-refractivity contribution >= 4 is 11.9 Å². The lowest BCUT2D eigenvalue weighted by molar-refractivity contribution is -0.142. The third-order valence-electron chi connectivity index (χ3n) is 3.94. The van der Waals surface area contributed by atoms with E-state index in [1.54, 1.807) is 0 Å². The van der Waals surface area contributed by atoms with Gasteiger partial charge in [0, 0.05) is 23.9 Å². The molecule has 0 aromatic carbocycles. The van der Waals surface area contributed by atoms with Gasteiger partial charge in [0.25, 0.3) is 0 Å². The van der Waals surface area contributed by atoms with Crippen LogP contribution >= 0.6 is 0 Å². The van der Waals surface area contributed by atoms with Gasteiger partial charge in [0.1, 0.15) is 6.54 Å². The van der Waals surface area contributed by atoms with E-state index in [0.29, 0.717) is 25.0 Å². The lowest BCUT2D eigenvalue weighted by Crippen LogP contribution is -2.29. The zero-order valence-electron chi connectivity index (χ0n) is 13.9. The molecule has 25 heavy (non-hydrogen) atoms. The lowest BCUT2D eigenvalue weighted by Gasteiger charge is -2.07. The van der Waals surface area contributed by atoms with Crippen LogP contribution in [0.25, 0.3) is 0 Å². The fourth-order valence-corrected chi connectivity index (χ4v) is 2.79. The van der Waals surface area contributed by atoms with Crippen LogP contribution in [-0.4, -0.2) is 35.3 Å². The summed E-state index contributed by atoms with van der Waals surface area (Å²) >= 11 is 0. The molecule has 1 heterocycles. The summed E-state index contributed by atoms with van der Waals surface area (Å²) < 4.78 is 45.1. The minimum absolute atomic E-state index is 0.0729. The van der Waals surface area contributed by atoms with Gasteiger partial charge in [-0.2, -0.15) is 18.3 Å². The normalized spacial score (nSPS) is 14.9. The summed E-state index contributed by atoms with van der Waals surface area (Å²) in [4.78, 5) is 22.8. The van der Waals surface area contributed by atoms with E-state index in [2.05, 4.69) is 15.2 Å². The molecule has 0 aliphatic heterocycles. The number of amides is 1. The van der Waals surface area contributed by atoms with Crippen molar-refractivity contribution in [1.82, 2.24) is 15.1 Å². The number of rotatable bonds is 5. The van der Waals surface area contributed by atoms with Crippen molar-refractivity contribution in [2.24, 2.45) is 0 Å². The van der Waals surface area contributed by atoms with Gasteiger partial charge in [0.05, 0.1) is 7.11 Å². The molecule has 0 bridgehead atoms. The Bertz CT molecular complexity index is 666. The Kier molecular flexibility index (Phi) is 6.22. The number of hydrogen-bond acceptors (Lipinski definition) is 4. The van der Waals surface area contributed by atoms with E-state index in [-0.39, 0.29) is 18.7 Å². The third-order valence-corrected chi connectivity index (χ3v) is 3.94. The molecule has 0 spiro atoms. The maximum Gasteiger partial charge on any atom is 0.435 e. The van der Waals surface area contributed by atoms with Crippen molar-refractivity contribution in [2.75, 3.05) is 13.7 Å². The summed E-state index contributed by atoms with van der Waals surface area (Å²) in [6.07, 6.45) is 1.15. The van der Waals surface area contributed by atoms with Crippen LogP contribution in [0, 0.1) is 0 Å². The highest BCUT2D eigenvalue weighted by molar-refractivity contribution is 5.82. The molecule has 9 heteroatoms. The molecule has 2 rings (SSSR count). The van der Waals surface area contributed by atoms with Crippen LogP contribution in [0.4, 0.5) is 13.2 Å². The van der Waals surface area contributed by atoms with Gasteiger partial charge in [0.15, 0.2) is 5.69 Å². The molecule has 6 nitrogen and oxygen atoms in total. The number of nitrogens with zero attached hydrogens (tertiary/aromatic N) is 2. The van der Waals surface area contributed by atoms with Crippen LogP contribution in [0.2, 0.25) is 0 Å². The molecule has 1 amide bonds. The molecule has 0 fully saturated rings. The van der Waals surface area contributed by atoms with Gasteiger partial charge in [-0.3, -0.25) is 9.48 Å². The van der Waals surface area contributed by atoms with E-state index in [0.717, 1.165) is 23.6 Å². The molecule has 0 saturated carbocycles. The number of hydrogen-bond donors (Lipinski definition) is 1. The molecule has 0 radical (unpaired) electrons. The molecule has 0 saturated heterocycles. The fourth-order valence-electron chi connectivity index (χ4n) is 2.79. The first kappa shape index (κ1) is 19.0. The molecule has 0 atom stereocenters. The average molecular weight is 359 g/mol. The highest BCUT2D eigenvalue weighted by Crippen LogP contribution is 2.35. The highest BCUT2D eigenvalue weighted by Gasteiger charge is 2.39. The van der Waals surface area contributed by atoms with Crippen molar-refractivity contribution in [3.8, 4) is 0 Å². The van der Waals surface area contributed by atoms with Gasteiger partial charge in [-0.15, -0.1) is 0 Å². The Labute approximate surface area is 143 Å². The number of carbonyl (C=O) groups is 2. The minimum Gasteiger partial charge on any atom is -0.466 e. The van der Waals surface area contributed by atoms with Crippen molar-refractivity contribution < 1.29 is 27.5 Å². The van der Waals surface area contributed by atoms with Crippen molar-refractivity contribution in [1.29, 1.82) is 0 Å². The Morgan fingerprint density at radius 3 is 2.68 bits per heavy atom. The number of aromatic nitrogens is 2. The van der Waals surface area contributed by atoms with Crippen LogP contribution in [0.3, 0.4) is 0 Å². The third kappa shape index (κ3) is 5.07. The molecule has 1 aliphatic carbocycles. The number of halogens is 3. The number of fused-ring (bicyclic) bond motifs is 1. The van der Waals surface area contributed by atoms with Gasteiger partial charge in [-0.05, 0) is 25.7 Å². The van der Waals surface area contributed by atoms with Crippen molar-refractivity contribution in [3.63, 3.8) is 0 Å². The standard InChI is InChI=1S/C16H20F3N3O3/c1-25-14(24)8-5-9-20-13(23)10-22-12-7-4-2-3-6-11(12)15(21-22)16(17,18)19/h5,8H,2-4,6-7,9-10H2,1H3,(H,20,23)/b8-5+. The van der Waals surface area contributed by atoms with Crippen LogP contribution in [-0.2, 0) is 39.9 Å². The summed E-state index contributed by atoms with van der Waals surface area (Å²) in [5.74, 6) is -1.03. The zero-order valence-corrected chi connectivity index (χ0v) is 13.9. The smallest absolute Gasteiger partial charge is 0.435 e. The largest absolute Gasteiger partial charge is 0.466 e. The Hall–Kier alpha value is -2.32. The summed E-state index contributed by atoms with van der Waals surface area (Å²) in [7, 11) is 1.23. The molecule has 1 aromatic rings. The maximum absolute atomic E-state index is 13.2. The summed E-state index contributed by atoms with van der Waals surface area (Å²) in [5, 5.41) is 6.16. The van der Waals surface area contributed by atoms with E-state index in [1.807, 2.05) is 0 Å². The highest BCUT2D eigenvalue weighted by atomic mass is 19.4. The Morgan fingerprint density at radius 2 is 2.00 bits per heavy atom. The minimum atomic E-state index is -4.53. The molecule has 0 unspecified atom stereocenters. The van der Waals surface area contributed by atoms with Crippen molar-refractivity contribution in [3.05, 3.63) is 29.1 Å². The first-order valence-corrected chi connectivity index (χ1v) is 8.00. The van der Waals surface area contributed by atoms with E-state index >= 15 is 0 Å². The van der Waals surface area contributed by atoms with Gasteiger partial charge in [-0.1, -0.05) is 12.5 Å². The van der Waals surface area contributed by atoms with E-state index in [4.69, 9.17) is 0 Å². The number of alkyl halides is 3. The molecule has 1 aromatic heterocycles. The number of carbonyl (C=O) groups excluding carboxylic acids is 2. The topological polar surface area (TPSA) is 73.2 Å². The van der Waals surface area contributed by atoms with Crippen LogP contribution in [0.15, 0.2) is 12.2 Å². The van der Waals surface area contributed by atoms with Gasteiger partial charge in [-0.25, -0.2) is 4.79 Å². The number of esters is 1. The molecular weight excluding hydrogens is 339 g/mol. The number of nitrogens with one attached hydrogen (secondary N) is 1. The summed E-state index contributed by atoms with van der Waals surface area (Å²) in [6, 6.07) is 0. The lowest BCUT2D eigenvalue weighted by atomic mass is 10.1. The fraction of sp³-hybridized carbons (Fsp3) is 0.562. The van der Waals surface area contributed by atoms with Crippen LogP contribution < -0.4 is 5.32 Å². The first-order chi connectivity index (χ1) is 11.8. The predicted molar refractivity (Wildman–Crippen MR) is 82.7 cm³/mol. The summed E-state index contributed by atoms with van der Waals surface area (Å²) in [5.41, 5.74) is -0.184. The summed E-state index contributed by atoms with van der Waals surface area (Å²) in [6.45, 7) is -0.214. The number of ether oxygens (including phenoxy) is 1. The van der Waals surface area contributed by atoms with Gasteiger partial charge >= 0.3 is 12.1 Å². The monoisotopic (exact) mass is 359 g/mol. The molecule has 138 valence electrons. The van der Waals surface area contributed by atoms with Gasteiger partial charge < -0.3 is 10.1 Å². The molecule has 1 aliphatic rings. The van der Waals surface area contributed by atoms with E-state index in [1.165, 1.54) is 13.2 Å². The quantitative estimate of drug-likeness (QED) is 0.496. The first-order valence-electron chi connectivity index (χ1n) is 8.00. The van der Waals surface area contributed by atoms with E-state index < -0.39 is 23.7 Å². The Morgan fingerprint density at radius 1 is 1.28 bits per heavy atom. The second-order valence-corrected chi connectivity index (χ2v) is 5.72. The SMILES string of the molecule is COC(=O)/C=C/CNC(=O)Cn1nc(C(F)(F)F)c2c1CCCCC2. The molecular formula is C16H20F3N3O3.